The lowest BCUT2D eigenvalue weighted by molar-refractivity contribution is 0.0951. The molecule has 0 aromatic heterocycles. The summed E-state index contributed by atoms with van der Waals surface area (Å²) >= 11 is 16.1. The molecule has 7 heteroatoms. The summed E-state index contributed by atoms with van der Waals surface area (Å²) in [5.41, 5.74) is 1.90. The molecule has 0 spiro atoms. The van der Waals surface area contributed by atoms with Crippen molar-refractivity contribution in [3.63, 3.8) is 0 Å². The van der Waals surface area contributed by atoms with Crippen molar-refractivity contribution in [1.82, 2.24) is 5.43 Å². The quantitative estimate of drug-likeness (QED) is 0.506. The Kier molecular flexibility index (Phi) is 4.53. The third-order valence-corrected chi connectivity index (χ3v) is 1.79. The first-order valence-corrected chi connectivity index (χ1v) is 5.19. The van der Waals surface area contributed by atoms with Crippen molar-refractivity contribution in [2.45, 2.75) is 3.79 Å². The van der Waals surface area contributed by atoms with E-state index in [4.69, 9.17) is 34.8 Å². The number of carbonyl (C=O) groups is 1. The number of hydrazone groups is 1. The van der Waals surface area contributed by atoms with Crippen LogP contribution in [0.1, 0.15) is 10.4 Å². The van der Waals surface area contributed by atoms with Crippen LogP contribution in [-0.4, -0.2) is 15.9 Å². The molecule has 0 aliphatic heterocycles. The Labute approximate surface area is 106 Å². The molecule has 1 N–H and O–H groups in total. The van der Waals surface area contributed by atoms with Crippen LogP contribution in [0.5, 0.6) is 0 Å². The van der Waals surface area contributed by atoms with Crippen LogP contribution in [0.25, 0.3) is 0 Å². The Balaban J connectivity index is 2.68. The fourth-order valence-corrected chi connectivity index (χ4v) is 1.02. The Morgan fingerprint density at radius 3 is 2.56 bits per heavy atom. The number of carbonyl (C=O) groups excluding carboxylic acids is 1. The van der Waals surface area contributed by atoms with Crippen molar-refractivity contribution < 1.29 is 9.18 Å². The van der Waals surface area contributed by atoms with Gasteiger partial charge in [-0.2, -0.15) is 5.10 Å². The van der Waals surface area contributed by atoms with Gasteiger partial charge in [-0.3, -0.25) is 4.79 Å². The lowest BCUT2D eigenvalue weighted by Crippen LogP contribution is -2.20. The van der Waals surface area contributed by atoms with Gasteiger partial charge in [0.1, 0.15) is 5.82 Å². The summed E-state index contributed by atoms with van der Waals surface area (Å²) in [5.74, 6) is -1.37. The monoisotopic (exact) mass is 282 g/mol. The minimum atomic E-state index is -1.71. The number of benzene rings is 1. The molecule has 0 aliphatic carbocycles. The van der Waals surface area contributed by atoms with E-state index < -0.39 is 15.5 Å². The first-order valence-electron chi connectivity index (χ1n) is 4.06. The van der Waals surface area contributed by atoms with E-state index in [-0.39, 0.29) is 5.56 Å². The van der Waals surface area contributed by atoms with Gasteiger partial charge in [-0.25, -0.2) is 9.82 Å². The number of alkyl halides is 3. The molecule has 0 aliphatic rings. The first kappa shape index (κ1) is 13.2. The van der Waals surface area contributed by atoms with Crippen LogP contribution >= 0.6 is 34.8 Å². The SMILES string of the molecule is O=C(NN=CC(Cl)(Cl)Cl)c1ccccc1F. The average molecular weight is 284 g/mol. The first-order chi connectivity index (χ1) is 7.40. The van der Waals surface area contributed by atoms with E-state index in [9.17, 15) is 9.18 Å². The van der Waals surface area contributed by atoms with Crippen LogP contribution in [0.15, 0.2) is 29.4 Å². The Morgan fingerprint density at radius 2 is 2.00 bits per heavy atom. The van der Waals surface area contributed by atoms with Crippen LogP contribution in [0.2, 0.25) is 0 Å². The van der Waals surface area contributed by atoms with E-state index in [1.807, 2.05) is 5.43 Å². The molecule has 0 saturated carbocycles. The molecule has 0 atom stereocenters. The van der Waals surface area contributed by atoms with E-state index in [1.165, 1.54) is 18.2 Å². The molecular weight excluding hydrogens is 277 g/mol. The summed E-state index contributed by atoms with van der Waals surface area (Å²) < 4.78 is 11.4. The van der Waals surface area contributed by atoms with Crippen LogP contribution in [-0.2, 0) is 0 Å². The second kappa shape index (κ2) is 5.48. The van der Waals surface area contributed by atoms with Crippen molar-refractivity contribution >= 4 is 46.9 Å². The minimum Gasteiger partial charge on any atom is -0.267 e. The molecule has 1 rings (SSSR count). The van der Waals surface area contributed by atoms with Crippen molar-refractivity contribution in [3.8, 4) is 0 Å². The highest BCUT2D eigenvalue weighted by Crippen LogP contribution is 2.22. The third kappa shape index (κ3) is 4.35. The van der Waals surface area contributed by atoms with E-state index in [1.54, 1.807) is 0 Å². The maximum Gasteiger partial charge on any atom is 0.274 e. The highest BCUT2D eigenvalue weighted by atomic mass is 35.6. The smallest absolute Gasteiger partial charge is 0.267 e. The van der Waals surface area contributed by atoms with Crippen LogP contribution < -0.4 is 5.43 Å². The molecule has 0 unspecified atom stereocenters. The van der Waals surface area contributed by atoms with E-state index >= 15 is 0 Å². The standard InChI is InChI=1S/C9H6Cl3FN2O/c10-9(11,12)5-14-15-8(16)6-3-1-2-4-7(6)13/h1-5H,(H,15,16). The molecule has 1 aromatic rings. The Morgan fingerprint density at radius 1 is 1.38 bits per heavy atom. The van der Waals surface area contributed by atoms with Crippen LogP contribution in [0, 0.1) is 5.82 Å². The number of amides is 1. The van der Waals surface area contributed by atoms with Gasteiger partial charge in [-0.1, -0.05) is 46.9 Å². The largest absolute Gasteiger partial charge is 0.274 e. The maximum atomic E-state index is 13.1. The molecule has 0 bridgehead atoms. The molecule has 16 heavy (non-hydrogen) atoms. The minimum absolute atomic E-state index is 0.135. The van der Waals surface area contributed by atoms with Gasteiger partial charge in [0.2, 0.25) is 3.79 Å². The summed E-state index contributed by atoms with van der Waals surface area (Å²) in [6.07, 6.45) is 0.899. The van der Waals surface area contributed by atoms with Gasteiger partial charge in [0.05, 0.1) is 11.8 Å². The van der Waals surface area contributed by atoms with Gasteiger partial charge >= 0.3 is 0 Å². The predicted octanol–water partition coefficient (Wildman–Crippen LogP) is 2.91. The average Bonchev–Trinajstić information content (AvgIpc) is 2.16. The molecule has 0 heterocycles. The van der Waals surface area contributed by atoms with Gasteiger partial charge in [-0.05, 0) is 12.1 Å². The zero-order valence-electron chi connectivity index (χ0n) is 7.75. The molecule has 0 fully saturated rings. The highest BCUT2D eigenvalue weighted by molar-refractivity contribution is 6.74. The molecule has 86 valence electrons. The molecular formula is C9H6Cl3FN2O. The Bertz CT molecular complexity index is 417. The number of hydrogen-bond acceptors (Lipinski definition) is 2. The summed E-state index contributed by atoms with van der Waals surface area (Å²) in [4.78, 5) is 11.4. The third-order valence-electron chi connectivity index (χ3n) is 1.50. The topological polar surface area (TPSA) is 41.5 Å². The molecule has 1 amide bonds. The highest BCUT2D eigenvalue weighted by Gasteiger charge is 2.16. The van der Waals surface area contributed by atoms with Crippen LogP contribution in [0.4, 0.5) is 4.39 Å². The molecule has 1 aromatic carbocycles. The number of nitrogens with one attached hydrogen (secondary N) is 1. The molecule has 3 nitrogen and oxygen atoms in total. The zero-order chi connectivity index (χ0) is 12.2. The van der Waals surface area contributed by atoms with Gasteiger partial charge in [-0.15, -0.1) is 0 Å². The second-order valence-electron chi connectivity index (χ2n) is 2.72. The summed E-state index contributed by atoms with van der Waals surface area (Å²) in [7, 11) is 0. The number of hydrogen-bond donors (Lipinski definition) is 1. The van der Waals surface area contributed by atoms with Crippen molar-refractivity contribution in [3.05, 3.63) is 35.6 Å². The Hall–Kier alpha value is -0.840. The van der Waals surface area contributed by atoms with Crippen molar-refractivity contribution in [2.75, 3.05) is 0 Å². The van der Waals surface area contributed by atoms with Gasteiger partial charge < -0.3 is 0 Å². The van der Waals surface area contributed by atoms with Crippen molar-refractivity contribution in [1.29, 1.82) is 0 Å². The normalized spacial score (nSPS) is 11.8. The van der Waals surface area contributed by atoms with Crippen LogP contribution in [0.3, 0.4) is 0 Å². The lowest BCUT2D eigenvalue weighted by Gasteiger charge is -2.03. The number of halogens is 4. The summed E-state index contributed by atoms with van der Waals surface area (Å²) in [5, 5.41) is 3.37. The fraction of sp³-hybridized carbons (Fsp3) is 0.111. The predicted molar refractivity (Wildman–Crippen MR) is 62.6 cm³/mol. The van der Waals surface area contributed by atoms with Gasteiger partial charge in [0, 0.05) is 0 Å². The van der Waals surface area contributed by atoms with E-state index in [2.05, 4.69) is 5.10 Å². The van der Waals surface area contributed by atoms with E-state index in [0.717, 1.165) is 12.3 Å². The van der Waals surface area contributed by atoms with Gasteiger partial charge in [0.15, 0.2) is 0 Å². The van der Waals surface area contributed by atoms with Crippen molar-refractivity contribution in [2.24, 2.45) is 5.10 Å². The summed E-state index contributed by atoms with van der Waals surface area (Å²) in [6, 6.07) is 5.47. The molecule has 0 radical (unpaired) electrons. The fourth-order valence-electron chi connectivity index (χ4n) is 0.870. The van der Waals surface area contributed by atoms with E-state index in [0.29, 0.717) is 0 Å². The maximum absolute atomic E-state index is 13.1. The van der Waals surface area contributed by atoms with Gasteiger partial charge in [0.25, 0.3) is 5.91 Å². The zero-order valence-corrected chi connectivity index (χ0v) is 10.0. The lowest BCUT2D eigenvalue weighted by atomic mass is 10.2. The number of nitrogens with zero attached hydrogens (tertiary/aromatic N) is 1. The number of rotatable bonds is 2. The summed E-state index contributed by atoms with van der Waals surface area (Å²) in [6.45, 7) is 0. The second-order valence-corrected chi connectivity index (χ2v) is 5.09. The molecule has 0 saturated heterocycles.